The Kier molecular flexibility index (Phi) is 3.96. The smallest absolute Gasteiger partial charge is 0.192 e. The minimum Gasteiger partial charge on any atom is -0.291 e. The van der Waals surface area contributed by atoms with E-state index in [1.165, 1.54) is 22.6 Å². The molecule has 0 saturated carbocycles. The Balaban J connectivity index is 2.02. The lowest BCUT2D eigenvalue weighted by molar-refractivity contribution is 0.101. The Morgan fingerprint density at radius 1 is 1.47 bits per heavy atom. The van der Waals surface area contributed by atoms with E-state index in [0.717, 1.165) is 9.37 Å². The molecule has 0 spiro atoms. The van der Waals surface area contributed by atoms with Crippen molar-refractivity contribution in [2.75, 3.05) is 5.75 Å². The number of hydrogen-bond acceptors (Lipinski definition) is 4. The molecule has 0 aliphatic carbocycles. The molecule has 4 nitrogen and oxygen atoms in total. The number of halogens is 1. The predicted molar refractivity (Wildman–Crippen MR) is 70.2 cm³/mol. The Morgan fingerprint density at radius 2 is 2.24 bits per heavy atom. The largest absolute Gasteiger partial charge is 0.291 e. The van der Waals surface area contributed by atoms with E-state index >= 15 is 0 Å². The van der Waals surface area contributed by atoms with Gasteiger partial charge in [0, 0.05) is 16.4 Å². The van der Waals surface area contributed by atoms with E-state index in [2.05, 4.69) is 26.2 Å². The van der Waals surface area contributed by atoms with Crippen molar-refractivity contribution < 1.29 is 4.79 Å². The van der Waals surface area contributed by atoms with Crippen LogP contribution in [0.4, 0.5) is 0 Å². The first kappa shape index (κ1) is 12.3. The summed E-state index contributed by atoms with van der Waals surface area (Å²) in [5.41, 5.74) is 0.532. The first-order valence-electron chi connectivity index (χ1n) is 4.93. The summed E-state index contributed by atoms with van der Waals surface area (Å²) in [7, 11) is 1.71. The van der Waals surface area contributed by atoms with Crippen molar-refractivity contribution in [3.05, 3.63) is 40.6 Å². The molecular formula is C11H10BrN3OS. The van der Waals surface area contributed by atoms with Crippen molar-refractivity contribution in [2.45, 2.75) is 4.90 Å². The Morgan fingerprint density at radius 3 is 2.88 bits per heavy atom. The van der Waals surface area contributed by atoms with Gasteiger partial charge in [0.05, 0.1) is 11.9 Å². The van der Waals surface area contributed by atoms with Crippen molar-refractivity contribution in [3.63, 3.8) is 0 Å². The lowest BCUT2D eigenvalue weighted by atomic mass is 10.3. The monoisotopic (exact) mass is 311 g/mol. The number of nitrogens with zero attached hydrogens (tertiary/aromatic N) is 3. The molecule has 2 rings (SSSR count). The van der Waals surface area contributed by atoms with Gasteiger partial charge >= 0.3 is 0 Å². The number of carbonyl (C=O) groups is 1. The molecule has 88 valence electrons. The number of hydrogen-bond donors (Lipinski definition) is 0. The number of aromatic nitrogens is 3. The minimum atomic E-state index is 0.0262. The highest BCUT2D eigenvalue weighted by molar-refractivity contribution is 9.10. The van der Waals surface area contributed by atoms with Crippen molar-refractivity contribution in [1.82, 2.24) is 15.0 Å². The van der Waals surface area contributed by atoms with Crippen LogP contribution in [0.15, 0.2) is 39.8 Å². The summed E-state index contributed by atoms with van der Waals surface area (Å²) in [6, 6.07) is 7.83. The molecule has 2 aromatic rings. The van der Waals surface area contributed by atoms with Gasteiger partial charge in [-0.25, -0.2) is 4.68 Å². The molecule has 0 atom stereocenters. The second-order valence-corrected chi connectivity index (χ2v) is 5.26. The molecule has 0 bridgehead atoms. The minimum absolute atomic E-state index is 0.0262. The molecule has 0 saturated heterocycles. The summed E-state index contributed by atoms with van der Waals surface area (Å²) in [6.07, 6.45) is 1.49. The van der Waals surface area contributed by atoms with Crippen LogP contribution in [0, 0.1) is 0 Å². The highest BCUT2D eigenvalue weighted by Crippen LogP contribution is 2.27. The van der Waals surface area contributed by atoms with Gasteiger partial charge in [-0.3, -0.25) is 4.79 Å². The van der Waals surface area contributed by atoms with Crippen molar-refractivity contribution >= 4 is 33.5 Å². The first-order valence-corrected chi connectivity index (χ1v) is 6.71. The summed E-state index contributed by atoms with van der Waals surface area (Å²) >= 11 is 4.94. The maximum absolute atomic E-state index is 11.9. The van der Waals surface area contributed by atoms with E-state index in [1.54, 1.807) is 7.05 Å². The van der Waals surface area contributed by atoms with Crippen LogP contribution in [0.1, 0.15) is 10.5 Å². The highest BCUT2D eigenvalue weighted by atomic mass is 79.9. The van der Waals surface area contributed by atoms with Gasteiger partial charge < -0.3 is 0 Å². The zero-order chi connectivity index (χ0) is 12.3. The zero-order valence-electron chi connectivity index (χ0n) is 9.13. The van der Waals surface area contributed by atoms with Gasteiger partial charge in [0.2, 0.25) is 0 Å². The van der Waals surface area contributed by atoms with Crippen LogP contribution in [0.3, 0.4) is 0 Å². The molecule has 0 amide bonds. The molecule has 1 heterocycles. The average Bonchev–Trinajstić information content (AvgIpc) is 2.74. The van der Waals surface area contributed by atoms with Crippen molar-refractivity contribution in [3.8, 4) is 0 Å². The molecule has 0 aliphatic heterocycles. The lowest BCUT2D eigenvalue weighted by Crippen LogP contribution is -2.09. The standard InChI is InChI=1S/C11H10BrN3OS/c1-15-9(6-13-14-15)10(16)7-17-11-5-3-2-4-8(11)12/h2-6H,7H2,1H3. The third kappa shape index (κ3) is 2.95. The number of aryl methyl sites for hydroxylation is 1. The normalized spacial score (nSPS) is 10.5. The second kappa shape index (κ2) is 5.46. The highest BCUT2D eigenvalue weighted by Gasteiger charge is 2.12. The number of Topliss-reactive ketones (excluding diaryl/α,β-unsaturated/α-hetero) is 1. The molecule has 0 unspecified atom stereocenters. The van der Waals surface area contributed by atoms with E-state index in [0.29, 0.717) is 11.4 Å². The van der Waals surface area contributed by atoms with Crippen molar-refractivity contribution in [2.24, 2.45) is 7.05 Å². The molecule has 17 heavy (non-hydrogen) atoms. The third-order valence-electron chi connectivity index (χ3n) is 2.20. The SMILES string of the molecule is Cn1nncc1C(=O)CSc1ccccc1Br. The van der Waals surface area contributed by atoms with E-state index in [1.807, 2.05) is 24.3 Å². The topological polar surface area (TPSA) is 47.8 Å². The summed E-state index contributed by atoms with van der Waals surface area (Å²) in [6.45, 7) is 0. The van der Waals surface area contributed by atoms with Crippen LogP contribution in [-0.4, -0.2) is 26.5 Å². The zero-order valence-corrected chi connectivity index (χ0v) is 11.5. The Labute approximate surface area is 112 Å². The van der Waals surface area contributed by atoms with Gasteiger partial charge in [0.15, 0.2) is 5.78 Å². The summed E-state index contributed by atoms with van der Waals surface area (Å²) in [5.74, 6) is 0.405. The molecule has 0 fully saturated rings. The van der Waals surface area contributed by atoms with Crippen LogP contribution >= 0.6 is 27.7 Å². The van der Waals surface area contributed by atoms with Gasteiger partial charge in [-0.2, -0.15) is 0 Å². The fourth-order valence-electron chi connectivity index (χ4n) is 1.32. The third-order valence-corrected chi connectivity index (χ3v) is 4.22. The molecule has 0 radical (unpaired) electrons. The van der Waals surface area contributed by atoms with Crippen LogP contribution < -0.4 is 0 Å². The maximum atomic E-state index is 11.9. The number of carbonyl (C=O) groups excluding carboxylic acids is 1. The Hall–Kier alpha value is -1.14. The van der Waals surface area contributed by atoms with Gasteiger partial charge in [0.25, 0.3) is 0 Å². The molecule has 6 heteroatoms. The quantitative estimate of drug-likeness (QED) is 0.643. The van der Waals surface area contributed by atoms with E-state index in [9.17, 15) is 4.79 Å². The van der Waals surface area contributed by atoms with E-state index < -0.39 is 0 Å². The molecule has 0 aliphatic rings. The van der Waals surface area contributed by atoms with E-state index in [-0.39, 0.29) is 5.78 Å². The first-order chi connectivity index (χ1) is 8.18. The number of ketones is 1. The number of rotatable bonds is 4. The number of benzene rings is 1. The number of thioether (sulfide) groups is 1. The summed E-state index contributed by atoms with van der Waals surface area (Å²) in [5, 5.41) is 7.43. The average molecular weight is 312 g/mol. The van der Waals surface area contributed by atoms with Gasteiger partial charge in [-0.1, -0.05) is 17.3 Å². The second-order valence-electron chi connectivity index (χ2n) is 3.39. The van der Waals surface area contributed by atoms with Crippen LogP contribution in [0.5, 0.6) is 0 Å². The summed E-state index contributed by atoms with van der Waals surface area (Å²) < 4.78 is 2.49. The van der Waals surface area contributed by atoms with Crippen LogP contribution in [-0.2, 0) is 7.05 Å². The fourth-order valence-corrected chi connectivity index (χ4v) is 2.76. The molecule has 1 aromatic carbocycles. The molecule has 1 aromatic heterocycles. The van der Waals surface area contributed by atoms with Gasteiger partial charge in [-0.15, -0.1) is 16.9 Å². The fraction of sp³-hybridized carbons (Fsp3) is 0.182. The Bertz CT molecular complexity index is 541. The maximum Gasteiger partial charge on any atom is 0.192 e. The van der Waals surface area contributed by atoms with E-state index in [4.69, 9.17) is 0 Å². The lowest BCUT2D eigenvalue weighted by Gasteiger charge is -2.03. The van der Waals surface area contributed by atoms with Crippen LogP contribution in [0.2, 0.25) is 0 Å². The predicted octanol–water partition coefficient (Wildman–Crippen LogP) is 2.55. The van der Waals surface area contributed by atoms with Crippen LogP contribution in [0.25, 0.3) is 0 Å². The molecular weight excluding hydrogens is 302 g/mol. The van der Waals surface area contributed by atoms with Gasteiger partial charge in [0.1, 0.15) is 5.69 Å². The molecule has 0 N–H and O–H groups in total. The summed E-state index contributed by atoms with van der Waals surface area (Å²) in [4.78, 5) is 12.9. The van der Waals surface area contributed by atoms with Gasteiger partial charge in [-0.05, 0) is 28.1 Å². The van der Waals surface area contributed by atoms with Crippen molar-refractivity contribution in [1.29, 1.82) is 0 Å².